The number of rotatable bonds is 6. The highest BCUT2D eigenvalue weighted by molar-refractivity contribution is 7.85. The molecular weight excluding hydrogens is 517 g/mol. The molecule has 0 N–H and O–H groups in total. The largest absolute Gasteiger partial charge is 0.744 e. The molecule has 3 aromatic carbocycles. The van der Waals surface area contributed by atoms with Gasteiger partial charge in [0.15, 0.2) is 7.14 Å². The Balaban J connectivity index is 0.000000248. The zero-order valence-electron chi connectivity index (χ0n) is 16.4. The minimum Gasteiger partial charge on any atom is -0.744 e. The molecule has 0 aliphatic heterocycles. The number of azide groups is 1. The van der Waals surface area contributed by atoms with Gasteiger partial charge >= 0.3 is 21.2 Å². The fraction of sp³-hybridized carbons (Fsp3) is 0.143. The number of halogens is 1. The molecule has 30 heavy (non-hydrogen) atoms. The zero-order valence-corrected chi connectivity index (χ0v) is 19.4. The fourth-order valence-corrected chi connectivity index (χ4v) is 5.12. The Morgan fingerprint density at radius 2 is 1.70 bits per heavy atom. The highest BCUT2D eigenvalue weighted by Gasteiger charge is 2.15. The van der Waals surface area contributed by atoms with E-state index in [1.165, 1.54) is 19.3 Å². The molecule has 0 atom stereocenters. The van der Waals surface area contributed by atoms with Gasteiger partial charge in [-0.1, -0.05) is 34.9 Å². The molecule has 0 radical (unpaired) electrons. The SMILES string of the molecule is COc1ccc([I+]c2cccc(CN=[N+]=[N-])c2)cc1.Cc1ccc(S(=O)(=O)[O-])cc1. The highest BCUT2D eigenvalue weighted by Crippen LogP contribution is 2.08. The Hall–Kier alpha value is -2.59. The van der Waals surface area contributed by atoms with Crippen LogP contribution in [0.15, 0.2) is 82.8 Å². The van der Waals surface area contributed by atoms with Gasteiger partial charge in [-0.05, 0) is 66.5 Å². The van der Waals surface area contributed by atoms with Gasteiger partial charge in [-0.3, -0.25) is 0 Å². The third-order valence-electron chi connectivity index (χ3n) is 3.78. The van der Waals surface area contributed by atoms with Gasteiger partial charge in [0, 0.05) is 4.91 Å². The van der Waals surface area contributed by atoms with Crippen molar-refractivity contribution in [2.75, 3.05) is 7.11 Å². The minimum atomic E-state index is -4.27. The lowest BCUT2D eigenvalue weighted by atomic mass is 10.2. The fourth-order valence-electron chi connectivity index (χ4n) is 2.27. The van der Waals surface area contributed by atoms with Crippen LogP contribution in [0, 0.1) is 14.1 Å². The van der Waals surface area contributed by atoms with Crippen molar-refractivity contribution in [1.82, 2.24) is 0 Å². The van der Waals surface area contributed by atoms with Crippen LogP contribution in [-0.4, -0.2) is 20.1 Å². The maximum Gasteiger partial charge on any atom is 0.357 e. The summed E-state index contributed by atoms with van der Waals surface area (Å²) in [4.78, 5) is 2.61. The van der Waals surface area contributed by atoms with Crippen molar-refractivity contribution in [3.8, 4) is 5.75 Å². The Kier molecular flexibility index (Phi) is 9.13. The molecule has 0 fully saturated rings. The number of ether oxygens (including phenoxy) is 1. The summed E-state index contributed by atoms with van der Waals surface area (Å²) in [5.74, 6) is 0.880. The summed E-state index contributed by atoms with van der Waals surface area (Å²) in [6.07, 6.45) is 0. The summed E-state index contributed by atoms with van der Waals surface area (Å²) in [5, 5.41) is 3.59. The first-order valence-corrected chi connectivity index (χ1v) is 12.3. The molecule has 0 heterocycles. The van der Waals surface area contributed by atoms with Gasteiger partial charge in [-0.25, -0.2) is 8.42 Å². The molecule has 0 aliphatic rings. The summed E-state index contributed by atoms with van der Waals surface area (Å²) < 4.78 is 39.0. The van der Waals surface area contributed by atoms with E-state index in [1.807, 2.05) is 31.2 Å². The zero-order chi connectivity index (χ0) is 22.0. The molecule has 7 nitrogen and oxygen atoms in total. The molecule has 0 saturated heterocycles. The Morgan fingerprint density at radius 1 is 1.03 bits per heavy atom. The second kappa shape index (κ2) is 11.6. The third kappa shape index (κ3) is 8.03. The van der Waals surface area contributed by atoms with E-state index in [0.717, 1.165) is 16.9 Å². The normalized spacial score (nSPS) is 10.4. The van der Waals surface area contributed by atoms with Crippen molar-refractivity contribution >= 4 is 10.1 Å². The minimum absolute atomic E-state index is 0.178. The van der Waals surface area contributed by atoms with Crippen LogP contribution >= 0.6 is 0 Å². The second-order valence-corrected chi connectivity index (χ2v) is 10.4. The number of nitrogens with zero attached hydrogens (tertiary/aromatic N) is 3. The molecule has 0 bridgehead atoms. The van der Waals surface area contributed by atoms with Gasteiger partial charge in [0.1, 0.15) is 15.9 Å². The first kappa shape index (κ1) is 23.7. The van der Waals surface area contributed by atoms with Crippen molar-refractivity contribution in [3.63, 3.8) is 0 Å². The predicted octanol–water partition coefficient (Wildman–Crippen LogP) is 1.53. The summed E-state index contributed by atoms with van der Waals surface area (Å²) in [6.45, 7) is 2.23. The van der Waals surface area contributed by atoms with Crippen LogP contribution in [-0.2, 0) is 16.7 Å². The maximum atomic E-state index is 10.4. The van der Waals surface area contributed by atoms with Gasteiger partial charge in [0.25, 0.3) is 0 Å². The Labute approximate surface area is 186 Å². The molecule has 3 rings (SSSR count). The standard InChI is InChI=1S/C14H13IN3O.C7H8O3S/c1-19-14-7-5-12(6-8-14)15-13-4-2-3-11(9-13)10-17-18-16;1-6-2-4-7(5-3-6)11(8,9)10/h2-9H,10H2,1H3;2-5H,1H3,(H,8,9,10)/q+1;/p-1. The van der Waals surface area contributed by atoms with Crippen molar-refractivity contribution in [1.29, 1.82) is 0 Å². The molecule has 156 valence electrons. The van der Waals surface area contributed by atoms with E-state index < -0.39 is 10.1 Å². The topological polar surface area (TPSA) is 115 Å². The molecule has 0 aromatic heterocycles. The predicted molar refractivity (Wildman–Crippen MR) is 109 cm³/mol. The summed E-state index contributed by atoms with van der Waals surface area (Å²) >= 11 is -0.212. The van der Waals surface area contributed by atoms with Crippen molar-refractivity contribution < 1.29 is 38.9 Å². The van der Waals surface area contributed by atoms with Gasteiger partial charge in [-0.15, -0.1) is 0 Å². The second-order valence-electron chi connectivity index (χ2n) is 6.04. The average molecular weight is 537 g/mol. The van der Waals surface area contributed by atoms with Crippen LogP contribution in [0.1, 0.15) is 11.1 Å². The van der Waals surface area contributed by atoms with Gasteiger partial charge in [0.05, 0.1) is 18.6 Å². The average Bonchev–Trinajstić information content (AvgIpc) is 2.73. The molecular formula is C21H20IN3O4S. The number of aryl methyl sites for hydroxylation is 1. The summed E-state index contributed by atoms with van der Waals surface area (Å²) in [6, 6.07) is 22.2. The van der Waals surface area contributed by atoms with E-state index in [1.54, 1.807) is 19.2 Å². The third-order valence-corrected chi connectivity index (χ3v) is 7.27. The quantitative estimate of drug-likeness (QED) is 0.156. The van der Waals surface area contributed by atoms with Crippen molar-refractivity contribution in [2.45, 2.75) is 18.4 Å². The van der Waals surface area contributed by atoms with Crippen LogP contribution in [0.4, 0.5) is 0 Å². The van der Waals surface area contributed by atoms with Crippen molar-refractivity contribution in [2.24, 2.45) is 5.11 Å². The molecule has 9 heteroatoms. The van der Waals surface area contributed by atoms with Gasteiger partial charge < -0.3 is 9.29 Å². The summed E-state index contributed by atoms with van der Waals surface area (Å²) in [7, 11) is -2.60. The monoisotopic (exact) mass is 537 g/mol. The van der Waals surface area contributed by atoms with Crippen LogP contribution in [0.5, 0.6) is 5.75 Å². The number of benzene rings is 3. The maximum absolute atomic E-state index is 10.4. The first-order chi connectivity index (χ1) is 14.3. The molecule has 0 unspecified atom stereocenters. The molecule has 3 aromatic rings. The lowest BCUT2D eigenvalue weighted by molar-refractivity contribution is -0.597. The lowest BCUT2D eigenvalue weighted by Crippen LogP contribution is -3.61. The lowest BCUT2D eigenvalue weighted by Gasteiger charge is -2.05. The highest BCUT2D eigenvalue weighted by atomic mass is 127. The van der Waals surface area contributed by atoms with E-state index in [2.05, 4.69) is 34.3 Å². The number of hydrogen-bond acceptors (Lipinski definition) is 5. The van der Waals surface area contributed by atoms with Gasteiger partial charge in [0.2, 0.25) is 0 Å². The number of hydrogen-bond donors (Lipinski definition) is 0. The molecule has 0 amide bonds. The van der Waals surface area contributed by atoms with E-state index in [4.69, 9.17) is 10.3 Å². The molecule has 0 saturated carbocycles. The molecule has 0 aliphatic carbocycles. The van der Waals surface area contributed by atoms with E-state index in [-0.39, 0.29) is 26.1 Å². The van der Waals surface area contributed by atoms with E-state index in [9.17, 15) is 13.0 Å². The van der Waals surface area contributed by atoms with Crippen LogP contribution < -0.4 is 25.9 Å². The number of methoxy groups -OCH3 is 1. The van der Waals surface area contributed by atoms with E-state index >= 15 is 0 Å². The van der Waals surface area contributed by atoms with Crippen LogP contribution in [0.25, 0.3) is 10.4 Å². The van der Waals surface area contributed by atoms with Gasteiger partial charge in [-0.2, -0.15) is 0 Å². The van der Waals surface area contributed by atoms with E-state index in [0.29, 0.717) is 6.54 Å². The van der Waals surface area contributed by atoms with Crippen molar-refractivity contribution in [3.05, 3.63) is 102 Å². The van der Waals surface area contributed by atoms with Crippen LogP contribution in [0.3, 0.4) is 0 Å². The first-order valence-electron chi connectivity index (χ1n) is 8.73. The smallest absolute Gasteiger partial charge is 0.357 e. The summed E-state index contributed by atoms with van der Waals surface area (Å²) in [5.41, 5.74) is 10.3. The van der Waals surface area contributed by atoms with Crippen LogP contribution in [0.2, 0.25) is 0 Å². The Morgan fingerprint density at radius 3 is 2.27 bits per heavy atom. The molecule has 0 spiro atoms. The Bertz CT molecular complexity index is 1110.